The molecule has 0 aliphatic heterocycles. The van der Waals surface area contributed by atoms with Crippen molar-refractivity contribution in [3.63, 3.8) is 0 Å². The van der Waals surface area contributed by atoms with Crippen molar-refractivity contribution in [1.29, 1.82) is 10.5 Å². The molecule has 0 saturated carbocycles. The second-order valence-electron chi connectivity index (χ2n) is 5.08. The average molecular weight is 294 g/mol. The molecular formula is C14H22N4O3. The summed E-state index contributed by atoms with van der Waals surface area (Å²) in [6.07, 6.45) is 0.372. The van der Waals surface area contributed by atoms with Crippen molar-refractivity contribution in [3.05, 3.63) is 0 Å². The number of amides is 1. The van der Waals surface area contributed by atoms with E-state index in [1.807, 2.05) is 12.1 Å². The van der Waals surface area contributed by atoms with Crippen molar-refractivity contribution < 1.29 is 14.7 Å². The molecule has 0 aromatic carbocycles. The molecule has 0 aliphatic rings. The largest absolute Gasteiger partial charge is 0.480 e. The van der Waals surface area contributed by atoms with Crippen LogP contribution in [0.4, 0.5) is 0 Å². The minimum atomic E-state index is -1.15. The van der Waals surface area contributed by atoms with Crippen molar-refractivity contribution in [3.8, 4) is 12.1 Å². The molecule has 0 rings (SSSR count). The van der Waals surface area contributed by atoms with Crippen LogP contribution in [0, 0.1) is 22.7 Å². The Bertz CT molecular complexity index is 430. The zero-order valence-corrected chi connectivity index (χ0v) is 12.8. The lowest BCUT2D eigenvalue weighted by atomic mass is 10.0. The predicted molar refractivity (Wildman–Crippen MR) is 76.0 cm³/mol. The summed E-state index contributed by atoms with van der Waals surface area (Å²) >= 11 is 0. The van der Waals surface area contributed by atoms with E-state index in [9.17, 15) is 14.7 Å². The lowest BCUT2D eigenvalue weighted by molar-refractivity contribution is -0.151. The topological polar surface area (TPSA) is 108 Å². The van der Waals surface area contributed by atoms with Crippen LogP contribution in [0.15, 0.2) is 0 Å². The third-order valence-electron chi connectivity index (χ3n) is 3.36. The number of rotatable bonds is 9. The maximum absolute atomic E-state index is 12.3. The monoisotopic (exact) mass is 294 g/mol. The van der Waals surface area contributed by atoms with Gasteiger partial charge in [-0.05, 0) is 20.4 Å². The molecular weight excluding hydrogens is 272 g/mol. The molecule has 0 spiro atoms. The summed E-state index contributed by atoms with van der Waals surface area (Å²) < 4.78 is 0. The number of carboxylic acids is 1. The fourth-order valence-electron chi connectivity index (χ4n) is 1.83. The molecule has 0 aliphatic carbocycles. The van der Waals surface area contributed by atoms with E-state index in [0.717, 1.165) is 0 Å². The van der Waals surface area contributed by atoms with Gasteiger partial charge in [0.2, 0.25) is 5.91 Å². The standard InChI is InChI=1S/C14H22N4O3/c1-4-18(14(2,3)13(20)21)11-12(19)17(9-5-7-15)10-6-8-16/h4-6,9-11H2,1-3H3,(H,20,21). The van der Waals surface area contributed by atoms with Gasteiger partial charge in [0.05, 0.1) is 31.5 Å². The number of nitriles is 2. The average Bonchev–Trinajstić information content (AvgIpc) is 2.44. The summed E-state index contributed by atoms with van der Waals surface area (Å²) in [7, 11) is 0. The number of likely N-dealkylation sites (N-methyl/N-ethyl adjacent to an activating group) is 1. The second-order valence-corrected chi connectivity index (χ2v) is 5.08. The fraction of sp³-hybridized carbons (Fsp3) is 0.714. The van der Waals surface area contributed by atoms with Gasteiger partial charge in [0, 0.05) is 13.1 Å². The van der Waals surface area contributed by atoms with Crippen LogP contribution < -0.4 is 0 Å². The van der Waals surface area contributed by atoms with Crippen LogP contribution in [-0.4, -0.2) is 58.5 Å². The van der Waals surface area contributed by atoms with E-state index in [-0.39, 0.29) is 38.4 Å². The highest BCUT2D eigenvalue weighted by molar-refractivity contribution is 5.81. The smallest absolute Gasteiger partial charge is 0.323 e. The van der Waals surface area contributed by atoms with Gasteiger partial charge in [0.25, 0.3) is 0 Å². The molecule has 116 valence electrons. The Morgan fingerprint density at radius 3 is 1.95 bits per heavy atom. The summed E-state index contributed by atoms with van der Waals surface area (Å²) in [5.41, 5.74) is -1.15. The molecule has 0 saturated heterocycles. The summed E-state index contributed by atoms with van der Waals surface area (Å²) in [6.45, 7) is 5.74. The molecule has 7 heteroatoms. The molecule has 1 N–H and O–H groups in total. The molecule has 0 unspecified atom stereocenters. The molecule has 7 nitrogen and oxygen atoms in total. The predicted octanol–water partition coefficient (Wildman–Crippen LogP) is 0.827. The van der Waals surface area contributed by atoms with Crippen molar-refractivity contribution in [2.45, 2.75) is 39.2 Å². The Morgan fingerprint density at radius 2 is 1.62 bits per heavy atom. The molecule has 0 bridgehead atoms. The van der Waals surface area contributed by atoms with Gasteiger partial charge in [-0.1, -0.05) is 6.92 Å². The van der Waals surface area contributed by atoms with Gasteiger partial charge < -0.3 is 10.0 Å². The van der Waals surface area contributed by atoms with Crippen LogP contribution in [0.5, 0.6) is 0 Å². The number of nitrogens with zero attached hydrogens (tertiary/aromatic N) is 4. The van der Waals surface area contributed by atoms with Crippen LogP contribution in [0.3, 0.4) is 0 Å². The highest BCUT2D eigenvalue weighted by atomic mass is 16.4. The molecule has 21 heavy (non-hydrogen) atoms. The van der Waals surface area contributed by atoms with Crippen molar-refractivity contribution in [2.75, 3.05) is 26.2 Å². The van der Waals surface area contributed by atoms with Gasteiger partial charge in [0.1, 0.15) is 5.54 Å². The molecule has 0 heterocycles. The number of aliphatic carboxylic acids is 1. The van der Waals surface area contributed by atoms with E-state index >= 15 is 0 Å². The number of carbonyl (C=O) groups is 2. The molecule has 0 aromatic rings. The number of carboxylic acid groups (broad SMARTS) is 1. The number of carbonyl (C=O) groups excluding carboxylic acids is 1. The van der Waals surface area contributed by atoms with Crippen LogP contribution in [0.25, 0.3) is 0 Å². The first kappa shape index (κ1) is 18.9. The maximum atomic E-state index is 12.3. The Morgan fingerprint density at radius 1 is 1.14 bits per heavy atom. The van der Waals surface area contributed by atoms with Crippen molar-refractivity contribution in [1.82, 2.24) is 9.80 Å². The van der Waals surface area contributed by atoms with E-state index < -0.39 is 11.5 Å². The molecule has 0 aromatic heterocycles. The summed E-state index contributed by atoms with van der Waals surface area (Å²) in [4.78, 5) is 26.5. The first-order chi connectivity index (χ1) is 9.81. The van der Waals surface area contributed by atoms with Crippen LogP contribution in [-0.2, 0) is 9.59 Å². The Hall–Kier alpha value is -2.12. The minimum absolute atomic E-state index is 0.0490. The van der Waals surface area contributed by atoms with Gasteiger partial charge in [0.15, 0.2) is 0 Å². The zero-order valence-electron chi connectivity index (χ0n) is 12.8. The summed E-state index contributed by atoms with van der Waals surface area (Å²) in [6, 6.07) is 3.92. The zero-order chi connectivity index (χ0) is 16.5. The van der Waals surface area contributed by atoms with E-state index in [1.165, 1.54) is 4.90 Å². The summed E-state index contributed by atoms with van der Waals surface area (Å²) in [5, 5.41) is 26.4. The lowest BCUT2D eigenvalue weighted by Crippen LogP contribution is -2.54. The molecule has 1 amide bonds. The Labute approximate surface area is 125 Å². The van der Waals surface area contributed by atoms with Gasteiger partial charge in [-0.15, -0.1) is 0 Å². The Balaban J connectivity index is 4.89. The molecule has 0 radical (unpaired) electrons. The quantitative estimate of drug-likeness (QED) is 0.674. The second kappa shape index (κ2) is 8.93. The number of hydrogen-bond acceptors (Lipinski definition) is 5. The Kier molecular flexibility index (Phi) is 8.03. The van der Waals surface area contributed by atoms with Gasteiger partial charge in [-0.2, -0.15) is 10.5 Å². The molecule has 0 fully saturated rings. The fourth-order valence-corrected chi connectivity index (χ4v) is 1.83. The SMILES string of the molecule is CCN(CC(=O)N(CCC#N)CCC#N)C(C)(C)C(=O)O. The number of hydrogen-bond donors (Lipinski definition) is 1. The maximum Gasteiger partial charge on any atom is 0.323 e. The third-order valence-corrected chi connectivity index (χ3v) is 3.36. The summed E-state index contributed by atoms with van der Waals surface area (Å²) in [5.74, 6) is -1.27. The molecule has 0 atom stereocenters. The van der Waals surface area contributed by atoms with Crippen molar-refractivity contribution in [2.24, 2.45) is 0 Å². The first-order valence-corrected chi connectivity index (χ1v) is 6.81. The van der Waals surface area contributed by atoms with Gasteiger partial charge in [-0.25, -0.2) is 0 Å². The van der Waals surface area contributed by atoms with Crippen LogP contribution >= 0.6 is 0 Å². The third kappa shape index (κ3) is 5.80. The normalized spacial score (nSPS) is 10.8. The van der Waals surface area contributed by atoms with Gasteiger partial charge in [-0.3, -0.25) is 14.5 Å². The van der Waals surface area contributed by atoms with Crippen LogP contribution in [0.1, 0.15) is 33.6 Å². The highest BCUT2D eigenvalue weighted by Crippen LogP contribution is 2.14. The van der Waals surface area contributed by atoms with Crippen molar-refractivity contribution >= 4 is 11.9 Å². The van der Waals surface area contributed by atoms with E-state index in [0.29, 0.717) is 6.54 Å². The van der Waals surface area contributed by atoms with E-state index in [2.05, 4.69) is 0 Å². The minimum Gasteiger partial charge on any atom is -0.480 e. The van der Waals surface area contributed by atoms with E-state index in [1.54, 1.807) is 25.7 Å². The first-order valence-electron chi connectivity index (χ1n) is 6.81. The lowest BCUT2D eigenvalue weighted by Gasteiger charge is -2.35. The van der Waals surface area contributed by atoms with E-state index in [4.69, 9.17) is 10.5 Å². The highest BCUT2D eigenvalue weighted by Gasteiger charge is 2.35. The van der Waals surface area contributed by atoms with Gasteiger partial charge >= 0.3 is 5.97 Å². The van der Waals surface area contributed by atoms with Crippen LogP contribution in [0.2, 0.25) is 0 Å².